The molecule has 0 unspecified atom stereocenters. The zero-order valence-corrected chi connectivity index (χ0v) is 20.2. The Morgan fingerprint density at radius 1 is 0.974 bits per heavy atom. The van der Waals surface area contributed by atoms with Crippen LogP contribution in [0, 0.1) is 13.8 Å². The average Bonchev–Trinajstić information content (AvgIpc) is 3.24. The van der Waals surface area contributed by atoms with E-state index in [0.29, 0.717) is 36.1 Å². The van der Waals surface area contributed by atoms with Crippen molar-refractivity contribution in [3.63, 3.8) is 0 Å². The highest BCUT2D eigenvalue weighted by molar-refractivity contribution is 6.04. The molecule has 0 spiro atoms. The monoisotopic (exact) mass is 540 g/mol. The van der Waals surface area contributed by atoms with Gasteiger partial charge in [0.25, 0.3) is 5.91 Å². The van der Waals surface area contributed by atoms with Crippen molar-refractivity contribution in [2.75, 3.05) is 18.4 Å². The van der Waals surface area contributed by atoms with E-state index in [-0.39, 0.29) is 30.4 Å². The summed E-state index contributed by atoms with van der Waals surface area (Å²) in [6.07, 6.45) is -5.37. The summed E-state index contributed by atoms with van der Waals surface area (Å²) in [4.78, 5) is 33.3. The van der Waals surface area contributed by atoms with Crippen molar-refractivity contribution in [2.24, 2.45) is 0 Å². The predicted octanol–water partition coefficient (Wildman–Crippen LogP) is 4.82. The number of halogens is 6. The van der Waals surface area contributed by atoms with Crippen LogP contribution >= 0.6 is 0 Å². The van der Waals surface area contributed by atoms with Gasteiger partial charge < -0.3 is 10.2 Å². The number of carbonyl (C=O) groups is 2. The van der Waals surface area contributed by atoms with Crippen LogP contribution in [0.3, 0.4) is 0 Å². The minimum Gasteiger partial charge on any atom is -0.335 e. The topological polar surface area (TPSA) is 93.0 Å². The second-order valence-corrected chi connectivity index (χ2v) is 8.90. The molecule has 1 saturated heterocycles. The highest BCUT2D eigenvalue weighted by Gasteiger charge is 2.43. The number of hydrogen-bond acceptors (Lipinski definition) is 5. The molecule has 3 aromatic rings. The smallest absolute Gasteiger partial charge is 0.335 e. The molecule has 0 bridgehead atoms. The van der Waals surface area contributed by atoms with Crippen molar-refractivity contribution in [2.45, 2.75) is 45.0 Å². The number of carbonyl (C=O) groups excluding carboxylic acids is 2. The molecule has 0 aliphatic carbocycles. The molecule has 3 aromatic heterocycles. The van der Waals surface area contributed by atoms with Gasteiger partial charge in [-0.2, -0.15) is 31.4 Å². The Balaban J connectivity index is 1.42. The first-order chi connectivity index (χ1) is 17.8. The minimum atomic E-state index is -4.90. The van der Waals surface area contributed by atoms with Gasteiger partial charge in [-0.3, -0.25) is 14.6 Å². The second kappa shape index (κ2) is 10.1. The molecule has 1 fully saturated rings. The van der Waals surface area contributed by atoms with Crippen LogP contribution in [0.15, 0.2) is 36.8 Å². The number of likely N-dealkylation sites (tertiary alicyclic amines) is 1. The summed E-state index contributed by atoms with van der Waals surface area (Å²) < 4.78 is 77.6. The van der Waals surface area contributed by atoms with Crippen molar-refractivity contribution in [3.8, 4) is 5.82 Å². The second-order valence-electron chi connectivity index (χ2n) is 8.90. The van der Waals surface area contributed by atoms with Gasteiger partial charge in [-0.1, -0.05) is 0 Å². The van der Waals surface area contributed by atoms with E-state index in [1.165, 1.54) is 17.1 Å². The lowest BCUT2D eigenvalue weighted by molar-refractivity contribution is -0.186. The fraction of sp³-hybridized carbons (Fsp3) is 0.375. The SMILES string of the molecule is Cc1cc(NC(=O)c2cnn(-c3ccc(C(F)(F)F)cn3)c2C)cnc1C1CCN(C(=O)C(F)(F)F)CC1. The summed E-state index contributed by atoms with van der Waals surface area (Å²) in [5.74, 6) is -2.38. The summed E-state index contributed by atoms with van der Waals surface area (Å²) in [6.45, 7) is 3.29. The number of aromatic nitrogens is 4. The number of aryl methyl sites for hydroxylation is 1. The Morgan fingerprint density at radius 2 is 1.66 bits per heavy atom. The number of nitrogens with zero attached hydrogens (tertiary/aromatic N) is 5. The van der Waals surface area contributed by atoms with Gasteiger partial charge in [0.1, 0.15) is 0 Å². The first-order valence-electron chi connectivity index (χ1n) is 11.5. The van der Waals surface area contributed by atoms with Crippen LogP contribution < -0.4 is 5.32 Å². The van der Waals surface area contributed by atoms with Crippen LogP contribution in [0.25, 0.3) is 5.82 Å². The lowest BCUT2D eigenvalue weighted by atomic mass is 9.90. The van der Waals surface area contributed by atoms with Crippen LogP contribution in [0.4, 0.5) is 32.0 Å². The van der Waals surface area contributed by atoms with Crippen molar-refractivity contribution >= 4 is 17.5 Å². The lowest BCUT2D eigenvalue weighted by Crippen LogP contribution is -2.45. The standard InChI is InChI=1S/C24H22F6N6O2/c1-13-9-17(11-32-20(13)15-5-7-35(8-6-15)22(38)24(28,29)30)34-21(37)18-12-33-36(14(18)2)19-4-3-16(10-31-19)23(25,26)27/h3-4,9-12,15H,5-8H2,1-2H3,(H,34,37). The molecule has 202 valence electrons. The summed E-state index contributed by atoms with van der Waals surface area (Å²) in [6, 6.07) is 3.71. The third-order valence-electron chi connectivity index (χ3n) is 6.33. The van der Waals surface area contributed by atoms with E-state index in [1.807, 2.05) is 0 Å². The van der Waals surface area contributed by atoms with Gasteiger partial charge in [0.2, 0.25) is 0 Å². The predicted molar refractivity (Wildman–Crippen MR) is 123 cm³/mol. The van der Waals surface area contributed by atoms with Gasteiger partial charge in [-0.05, 0) is 50.5 Å². The van der Waals surface area contributed by atoms with E-state index >= 15 is 0 Å². The Labute approximate surface area is 212 Å². The fourth-order valence-electron chi connectivity index (χ4n) is 4.36. The van der Waals surface area contributed by atoms with Crippen molar-refractivity contribution in [1.82, 2.24) is 24.6 Å². The average molecular weight is 540 g/mol. The number of amides is 2. The van der Waals surface area contributed by atoms with Gasteiger partial charge in [0, 0.05) is 30.9 Å². The van der Waals surface area contributed by atoms with Crippen molar-refractivity contribution < 1.29 is 35.9 Å². The molecule has 0 saturated carbocycles. The molecule has 0 radical (unpaired) electrons. The Bertz CT molecular complexity index is 1340. The van der Waals surface area contributed by atoms with Gasteiger partial charge >= 0.3 is 18.3 Å². The van der Waals surface area contributed by atoms with Gasteiger partial charge in [0.15, 0.2) is 5.82 Å². The molecule has 1 aliphatic rings. The quantitative estimate of drug-likeness (QED) is 0.479. The number of nitrogens with one attached hydrogen (secondary N) is 1. The lowest BCUT2D eigenvalue weighted by Gasteiger charge is -2.32. The zero-order valence-electron chi connectivity index (χ0n) is 20.2. The molecule has 0 aromatic carbocycles. The third kappa shape index (κ3) is 5.63. The molecule has 2 amide bonds. The maximum absolute atomic E-state index is 12.9. The first kappa shape index (κ1) is 27.1. The number of hydrogen-bond donors (Lipinski definition) is 1. The van der Waals surface area contributed by atoms with E-state index in [9.17, 15) is 35.9 Å². The molecule has 14 heteroatoms. The van der Waals surface area contributed by atoms with Gasteiger partial charge in [-0.25, -0.2) is 9.67 Å². The summed E-state index contributed by atoms with van der Waals surface area (Å²) in [5, 5.41) is 6.77. The number of alkyl halides is 6. The van der Waals surface area contributed by atoms with Crippen LogP contribution in [-0.4, -0.2) is 55.7 Å². The number of piperidine rings is 1. The summed E-state index contributed by atoms with van der Waals surface area (Å²) in [5.41, 5.74) is 1.41. The number of pyridine rings is 2. The Morgan fingerprint density at radius 3 is 2.21 bits per heavy atom. The molecule has 4 rings (SSSR count). The molecule has 4 heterocycles. The molecule has 38 heavy (non-hydrogen) atoms. The normalized spacial score (nSPS) is 15.0. The van der Waals surface area contributed by atoms with Gasteiger partial charge in [-0.15, -0.1) is 0 Å². The highest BCUT2D eigenvalue weighted by Crippen LogP contribution is 2.32. The maximum atomic E-state index is 12.9. The number of anilines is 1. The van der Waals surface area contributed by atoms with Crippen molar-refractivity contribution in [3.05, 3.63) is 64.9 Å². The van der Waals surface area contributed by atoms with Crippen LogP contribution in [0.2, 0.25) is 0 Å². The van der Waals surface area contributed by atoms with Crippen molar-refractivity contribution in [1.29, 1.82) is 0 Å². The minimum absolute atomic E-state index is 0.0281. The fourth-order valence-corrected chi connectivity index (χ4v) is 4.36. The van der Waals surface area contributed by atoms with E-state index < -0.39 is 29.7 Å². The van der Waals surface area contributed by atoms with Gasteiger partial charge in [0.05, 0.1) is 34.9 Å². The maximum Gasteiger partial charge on any atom is 0.471 e. The zero-order chi connectivity index (χ0) is 27.8. The number of rotatable bonds is 4. The van der Waals surface area contributed by atoms with E-state index in [0.717, 1.165) is 22.6 Å². The molecular weight excluding hydrogens is 518 g/mol. The Kier molecular flexibility index (Phi) is 7.17. The molecular formula is C24H22F6N6O2. The molecule has 1 aliphatic heterocycles. The summed E-state index contributed by atoms with van der Waals surface area (Å²) in [7, 11) is 0. The van der Waals surface area contributed by atoms with Crippen LogP contribution in [0.1, 0.15) is 51.6 Å². The third-order valence-corrected chi connectivity index (χ3v) is 6.33. The van der Waals surface area contributed by atoms with E-state index in [2.05, 4.69) is 20.4 Å². The van der Waals surface area contributed by atoms with Crippen LogP contribution in [0.5, 0.6) is 0 Å². The first-order valence-corrected chi connectivity index (χ1v) is 11.5. The Hall–Kier alpha value is -3.97. The molecule has 0 atom stereocenters. The van der Waals surface area contributed by atoms with E-state index in [4.69, 9.17) is 0 Å². The molecule has 1 N–H and O–H groups in total. The largest absolute Gasteiger partial charge is 0.471 e. The molecule has 8 nitrogen and oxygen atoms in total. The highest BCUT2D eigenvalue weighted by atomic mass is 19.4. The summed E-state index contributed by atoms with van der Waals surface area (Å²) >= 11 is 0. The van der Waals surface area contributed by atoms with E-state index in [1.54, 1.807) is 19.9 Å². The van der Waals surface area contributed by atoms with Crippen LogP contribution in [-0.2, 0) is 11.0 Å².